The van der Waals surface area contributed by atoms with Crippen LogP contribution in [-0.4, -0.2) is 22.0 Å². The van der Waals surface area contributed by atoms with Gasteiger partial charge in [0.25, 0.3) is 0 Å². The number of fused-ring (bicyclic) bond motifs is 1. The fourth-order valence-electron chi connectivity index (χ4n) is 3.25. The van der Waals surface area contributed by atoms with Crippen LogP contribution in [0.25, 0.3) is 11.0 Å². The zero-order valence-electron chi connectivity index (χ0n) is 15.8. The Morgan fingerprint density at radius 1 is 1.14 bits per heavy atom. The molecule has 1 heterocycles. The summed E-state index contributed by atoms with van der Waals surface area (Å²) in [6, 6.07) is 12.8. The van der Waals surface area contributed by atoms with Gasteiger partial charge in [0.2, 0.25) is 5.91 Å². The van der Waals surface area contributed by atoms with Gasteiger partial charge < -0.3 is 9.88 Å². The maximum Gasteiger partial charge on any atom is 0.416 e. The van der Waals surface area contributed by atoms with Gasteiger partial charge in [-0.3, -0.25) is 4.79 Å². The van der Waals surface area contributed by atoms with Gasteiger partial charge in [-0.15, -0.1) is 0 Å². The number of aryl methyl sites for hydroxylation is 1. The van der Waals surface area contributed by atoms with Crippen LogP contribution < -0.4 is 5.32 Å². The largest absolute Gasteiger partial charge is 0.416 e. The summed E-state index contributed by atoms with van der Waals surface area (Å²) in [6.45, 7) is 4.82. The highest BCUT2D eigenvalue weighted by molar-refractivity contribution is 5.77. The van der Waals surface area contributed by atoms with Crippen molar-refractivity contribution in [1.82, 2.24) is 14.9 Å². The van der Waals surface area contributed by atoms with E-state index in [1.54, 1.807) is 0 Å². The summed E-state index contributed by atoms with van der Waals surface area (Å²) in [6.07, 6.45) is -4.14. The molecule has 0 saturated heterocycles. The molecule has 1 aromatic heterocycles. The fraction of sp³-hybridized carbons (Fsp3) is 0.333. The number of rotatable bonds is 6. The maximum atomic E-state index is 12.6. The number of imidazole rings is 1. The number of carbonyl (C=O) groups is 1. The van der Waals surface area contributed by atoms with Crippen molar-refractivity contribution in [2.45, 2.75) is 38.9 Å². The van der Waals surface area contributed by atoms with Crippen molar-refractivity contribution in [2.75, 3.05) is 6.54 Å². The highest BCUT2D eigenvalue weighted by Crippen LogP contribution is 2.30. The third-order valence-electron chi connectivity index (χ3n) is 4.80. The average molecular weight is 389 g/mol. The Morgan fingerprint density at radius 2 is 1.82 bits per heavy atom. The zero-order valence-corrected chi connectivity index (χ0v) is 15.8. The second kappa shape index (κ2) is 8.04. The van der Waals surface area contributed by atoms with E-state index in [4.69, 9.17) is 0 Å². The van der Waals surface area contributed by atoms with Crippen molar-refractivity contribution in [3.63, 3.8) is 0 Å². The third kappa shape index (κ3) is 4.52. The number of alkyl halides is 3. The number of benzene rings is 2. The van der Waals surface area contributed by atoms with E-state index < -0.39 is 11.7 Å². The van der Waals surface area contributed by atoms with Crippen LogP contribution >= 0.6 is 0 Å². The van der Waals surface area contributed by atoms with Gasteiger partial charge in [0.05, 0.1) is 16.6 Å². The number of carbonyl (C=O) groups excluding carboxylic acids is 1. The lowest BCUT2D eigenvalue weighted by Gasteiger charge is -2.14. The van der Waals surface area contributed by atoms with Crippen LogP contribution in [0.5, 0.6) is 0 Å². The molecule has 0 aliphatic heterocycles. The second-order valence-electron chi connectivity index (χ2n) is 6.87. The molecule has 0 aliphatic rings. The second-order valence-corrected chi connectivity index (χ2v) is 6.87. The Labute approximate surface area is 161 Å². The van der Waals surface area contributed by atoms with Crippen molar-refractivity contribution in [3.05, 3.63) is 65.5 Å². The summed E-state index contributed by atoms with van der Waals surface area (Å²) < 4.78 is 40.0. The molecule has 1 atom stereocenters. The lowest BCUT2D eigenvalue weighted by Crippen LogP contribution is -2.28. The molecule has 0 spiro atoms. The molecule has 1 amide bonds. The van der Waals surface area contributed by atoms with Crippen molar-refractivity contribution < 1.29 is 18.0 Å². The van der Waals surface area contributed by atoms with Gasteiger partial charge in [-0.05, 0) is 42.7 Å². The zero-order chi connectivity index (χ0) is 20.3. The van der Waals surface area contributed by atoms with Crippen LogP contribution in [0.1, 0.15) is 36.2 Å². The van der Waals surface area contributed by atoms with Crippen molar-refractivity contribution in [3.8, 4) is 0 Å². The van der Waals surface area contributed by atoms with Crippen molar-refractivity contribution in [1.29, 1.82) is 0 Å². The predicted octanol–water partition coefficient (Wildman–Crippen LogP) is 4.67. The Balaban J connectivity index is 1.53. The highest BCUT2D eigenvalue weighted by Gasteiger charge is 2.30. The molecule has 148 valence electrons. The minimum atomic E-state index is -4.35. The molecule has 1 unspecified atom stereocenters. The Kier molecular flexibility index (Phi) is 5.72. The molecular formula is C21H22F3N3O. The summed E-state index contributed by atoms with van der Waals surface area (Å²) in [5.41, 5.74) is 1.96. The number of hydrogen-bond donors (Lipinski definition) is 1. The van der Waals surface area contributed by atoms with E-state index in [0.29, 0.717) is 18.7 Å². The summed E-state index contributed by atoms with van der Waals surface area (Å²) in [7, 11) is 0. The number of aromatic nitrogens is 2. The first-order valence-electron chi connectivity index (χ1n) is 9.11. The maximum absolute atomic E-state index is 12.6. The Morgan fingerprint density at radius 3 is 2.50 bits per heavy atom. The quantitative estimate of drug-likeness (QED) is 0.666. The molecule has 0 aliphatic carbocycles. The first kappa shape index (κ1) is 19.9. The molecule has 0 fully saturated rings. The van der Waals surface area contributed by atoms with Gasteiger partial charge in [-0.2, -0.15) is 13.2 Å². The lowest BCUT2D eigenvalue weighted by molar-refractivity contribution is -0.137. The van der Waals surface area contributed by atoms with E-state index in [-0.39, 0.29) is 18.2 Å². The summed E-state index contributed by atoms with van der Waals surface area (Å²) in [4.78, 5) is 16.7. The fourth-order valence-corrected chi connectivity index (χ4v) is 3.25. The van der Waals surface area contributed by atoms with E-state index in [1.807, 2.05) is 38.1 Å². The first-order valence-corrected chi connectivity index (χ1v) is 9.11. The number of nitrogens with one attached hydrogen (secondary N) is 1. The van der Waals surface area contributed by atoms with E-state index in [1.165, 1.54) is 12.1 Å². The first-order chi connectivity index (χ1) is 13.3. The number of hydrogen-bond acceptors (Lipinski definition) is 2. The molecule has 1 N–H and O–H groups in total. The summed E-state index contributed by atoms with van der Waals surface area (Å²) in [5.74, 6) is 0.584. The Bertz CT molecular complexity index is 961. The van der Waals surface area contributed by atoms with Gasteiger partial charge in [0.1, 0.15) is 5.82 Å². The topological polar surface area (TPSA) is 46.9 Å². The van der Waals surface area contributed by atoms with Gasteiger partial charge >= 0.3 is 6.18 Å². The number of amides is 1. The normalized spacial score (nSPS) is 12.9. The smallest absolute Gasteiger partial charge is 0.354 e. The van der Waals surface area contributed by atoms with Crippen LogP contribution in [0.15, 0.2) is 48.5 Å². The summed E-state index contributed by atoms with van der Waals surface area (Å²) in [5, 5.41) is 2.88. The molecule has 0 bridgehead atoms. The summed E-state index contributed by atoms with van der Waals surface area (Å²) >= 11 is 0. The molecule has 28 heavy (non-hydrogen) atoms. The molecule has 3 aromatic rings. The van der Waals surface area contributed by atoms with Crippen LogP contribution in [0.3, 0.4) is 0 Å². The molecule has 4 nitrogen and oxygen atoms in total. The lowest BCUT2D eigenvalue weighted by atomic mass is 9.96. The van der Waals surface area contributed by atoms with Gasteiger partial charge in [0, 0.05) is 19.5 Å². The van der Waals surface area contributed by atoms with E-state index in [2.05, 4.69) is 14.9 Å². The number of para-hydroxylation sites is 2. The molecule has 2 aromatic carbocycles. The van der Waals surface area contributed by atoms with E-state index in [0.717, 1.165) is 29.0 Å². The van der Waals surface area contributed by atoms with Crippen LogP contribution in [-0.2, 0) is 17.5 Å². The van der Waals surface area contributed by atoms with E-state index in [9.17, 15) is 18.0 Å². The minimum Gasteiger partial charge on any atom is -0.354 e. The molecule has 0 radical (unpaired) electrons. The molecule has 3 rings (SSSR count). The molecular weight excluding hydrogens is 367 g/mol. The standard InChI is InChI=1S/C21H22F3N3O/c1-14(16-7-9-17(10-8-16)21(22,23)24)13-20(28)25-11-12-27-15(2)26-18-5-3-4-6-19(18)27/h3-10,14H,11-13H2,1-2H3,(H,25,28). The van der Waals surface area contributed by atoms with Gasteiger partial charge in [0.15, 0.2) is 0 Å². The van der Waals surface area contributed by atoms with Crippen LogP contribution in [0.2, 0.25) is 0 Å². The van der Waals surface area contributed by atoms with Gasteiger partial charge in [-0.25, -0.2) is 4.98 Å². The SMILES string of the molecule is Cc1nc2ccccc2n1CCNC(=O)CC(C)c1ccc(C(F)(F)F)cc1. The minimum absolute atomic E-state index is 0.130. The average Bonchev–Trinajstić information content (AvgIpc) is 2.96. The van der Waals surface area contributed by atoms with Crippen LogP contribution in [0, 0.1) is 6.92 Å². The van der Waals surface area contributed by atoms with E-state index >= 15 is 0 Å². The molecule has 7 heteroatoms. The Hall–Kier alpha value is -2.83. The van der Waals surface area contributed by atoms with Gasteiger partial charge in [-0.1, -0.05) is 31.2 Å². The van der Waals surface area contributed by atoms with Crippen molar-refractivity contribution >= 4 is 16.9 Å². The highest BCUT2D eigenvalue weighted by atomic mass is 19.4. The predicted molar refractivity (Wildman–Crippen MR) is 102 cm³/mol. The van der Waals surface area contributed by atoms with Crippen LogP contribution in [0.4, 0.5) is 13.2 Å². The van der Waals surface area contributed by atoms with Crippen molar-refractivity contribution in [2.24, 2.45) is 0 Å². The number of halogens is 3. The monoisotopic (exact) mass is 389 g/mol. The molecule has 0 saturated carbocycles. The number of nitrogens with zero attached hydrogens (tertiary/aromatic N) is 2. The third-order valence-corrected chi connectivity index (χ3v) is 4.80.